The Hall–Kier alpha value is -2.70. The van der Waals surface area contributed by atoms with Crippen LogP contribution in [-0.2, 0) is 0 Å². The molecule has 0 aliphatic rings. The largest absolute Gasteiger partial charge is 0.348 e. The van der Waals surface area contributed by atoms with Crippen molar-refractivity contribution in [2.24, 2.45) is 0 Å². The van der Waals surface area contributed by atoms with Crippen LogP contribution in [0.15, 0.2) is 29.1 Å². The molecule has 0 bridgehead atoms. The lowest BCUT2D eigenvalue weighted by Gasteiger charge is -2.10. The van der Waals surface area contributed by atoms with Gasteiger partial charge in [-0.1, -0.05) is 12.1 Å². The van der Waals surface area contributed by atoms with Crippen LogP contribution in [0.4, 0.5) is 0 Å². The molecule has 2 aromatic heterocycles. The SMILES string of the molecule is CN(C)C(=O)c1nc2ccccc2n2c(=O)[nH]nc12. The molecule has 0 atom stereocenters. The first-order chi connectivity index (χ1) is 9.09. The Morgan fingerprint density at radius 1 is 1.32 bits per heavy atom. The van der Waals surface area contributed by atoms with Crippen molar-refractivity contribution in [2.45, 2.75) is 0 Å². The van der Waals surface area contributed by atoms with Crippen molar-refractivity contribution in [3.8, 4) is 0 Å². The fraction of sp³-hybridized carbons (Fsp3) is 0.167. The second kappa shape index (κ2) is 3.91. The van der Waals surface area contributed by atoms with Crippen LogP contribution in [0.25, 0.3) is 16.7 Å². The average Bonchev–Trinajstić information content (AvgIpc) is 2.79. The number of nitrogens with one attached hydrogen (secondary N) is 1. The molecule has 3 rings (SSSR count). The van der Waals surface area contributed by atoms with Gasteiger partial charge in [0.2, 0.25) is 0 Å². The summed E-state index contributed by atoms with van der Waals surface area (Å²) in [5, 5.41) is 6.24. The third kappa shape index (κ3) is 1.59. The van der Waals surface area contributed by atoms with Gasteiger partial charge in [0.25, 0.3) is 5.91 Å². The van der Waals surface area contributed by atoms with Gasteiger partial charge in [0.05, 0.1) is 11.0 Å². The summed E-state index contributed by atoms with van der Waals surface area (Å²) < 4.78 is 1.36. The molecule has 1 N–H and O–H groups in total. The van der Waals surface area contributed by atoms with Crippen molar-refractivity contribution >= 4 is 22.6 Å². The van der Waals surface area contributed by atoms with E-state index >= 15 is 0 Å². The van der Waals surface area contributed by atoms with Gasteiger partial charge >= 0.3 is 5.69 Å². The highest BCUT2D eigenvalue weighted by Gasteiger charge is 2.19. The van der Waals surface area contributed by atoms with E-state index in [1.807, 2.05) is 0 Å². The van der Waals surface area contributed by atoms with Crippen molar-refractivity contribution in [1.82, 2.24) is 24.5 Å². The number of para-hydroxylation sites is 2. The second-order valence-electron chi connectivity index (χ2n) is 4.34. The standard InChI is InChI=1S/C12H11N5O2/c1-16(2)11(18)9-10-14-15-12(19)17(10)8-6-4-3-5-7(8)13-9/h3-6H,1-2H3,(H,15,19). The predicted octanol–water partition coefficient (Wildman–Crippen LogP) is 0.273. The van der Waals surface area contributed by atoms with Crippen molar-refractivity contribution in [1.29, 1.82) is 0 Å². The zero-order valence-corrected chi connectivity index (χ0v) is 10.4. The summed E-state index contributed by atoms with van der Waals surface area (Å²) in [6.45, 7) is 0. The molecule has 0 unspecified atom stereocenters. The van der Waals surface area contributed by atoms with Crippen molar-refractivity contribution in [3.05, 3.63) is 40.4 Å². The highest BCUT2D eigenvalue weighted by Crippen LogP contribution is 2.15. The van der Waals surface area contributed by atoms with Crippen molar-refractivity contribution in [3.63, 3.8) is 0 Å². The first-order valence-electron chi connectivity index (χ1n) is 5.67. The number of hydrogen-bond acceptors (Lipinski definition) is 4. The fourth-order valence-electron chi connectivity index (χ4n) is 1.95. The Morgan fingerprint density at radius 3 is 2.79 bits per heavy atom. The molecule has 0 saturated heterocycles. The van der Waals surface area contributed by atoms with E-state index in [2.05, 4.69) is 15.2 Å². The smallest absolute Gasteiger partial charge is 0.343 e. The summed E-state index contributed by atoms with van der Waals surface area (Å²) in [5.41, 5.74) is 1.20. The van der Waals surface area contributed by atoms with Gasteiger partial charge in [-0.05, 0) is 12.1 Å². The number of rotatable bonds is 1. The highest BCUT2D eigenvalue weighted by atomic mass is 16.2. The van der Waals surface area contributed by atoms with E-state index in [9.17, 15) is 9.59 Å². The highest BCUT2D eigenvalue weighted by molar-refractivity contribution is 5.99. The van der Waals surface area contributed by atoms with Crippen LogP contribution in [0.5, 0.6) is 0 Å². The van der Waals surface area contributed by atoms with Crippen LogP contribution in [0, 0.1) is 0 Å². The summed E-state index contributed by atoms with van der Waals surface area (Å²) in [6, 6.07) is 7.11. The molecule has 0 fully saturated rings. The minimum Gasteiger partial charge on any atom is -0.343 e. The van der Waals surface area contributed by atoms with Crippen LogP contribution in [0.2, 0.25) is 0 Å². The molecule has 19 heavy (non-hydrogen) atoms. The Kier molecular flexibility index (Phi) is 2.34. The molecule has 7 heteroatoms. The van der Waals surface area contributed by atoms with E-state index in [1.165, 1.54) is 9.30 Å². The van der Waals surface area contributed by atoms with Crippen LogP contribution in [-0.4, -0.2) is 44.5 Å². The first kappa shape index (κ1) is 11.4. The molecule has 0 aliphatic carbocycles. The van der Waals surface area contributed by atoms with Gasteiger partial charge in [0.1, 0.15) is 0 Å². The van der Waals surface area contributed by atoms with Gasteiger partial charge in [-0.3, -0.25) is 4.79 Å². The van der Waals surface area contributed by atoms with E-state index in [0.717, 1.165) is 0 Å². The molecule has 2 heterocycles. The molecule has 0 aliphatic heterocycles. The second-order valence-corrected chi connectivity index (χ2v) is 4.34. The quantitative estimate of drug-likeness (QED) is 0.678. The maximum absolute atomic E-state index is 12.1. The lowest BCUT2D eigenvalue weighted by molar-refractivity contribution is 0.0824. The lowest BCUT2D eigenvalue weighted by Crippen LogP contribution is -2.24. The number of benzene rings is 1. The molecule has 3 aromatic rings. The summed E-state index contributed by atoms with van der Waals surface area (Å²) in [6.07, 6.45) is 0. The van der Waals surface area contributed by atoms with E-state index in [4.69, 9.17) is 0 Å². The number of aromatic amines is 1. The van der Waals surface area contributed by atoms with Gasteiger partial charge < -0.3 is 4.90 Å². The van der Waals surface area contributed by atoms with E-state index in [-0.39, 0.29) is 22.9 Å². The molecule has 1 amide bonds. The number of hydrogen-bond donors (Lipinski definition) is 1. The predicted molar refractivity (Wildman–Crippen MR) is 69.1 cm³/mol. The van der Waals surface area contributed by atoms with Crippen molar-refractivity contribution in [2.75, 3.05) is 14.1 Å². The third-order valence-corrected chi connectivity index (χ3v) is 2.85. The van der Waals surface area contributed by atoms with E-state index < -0.39 is 0 Å². The average molecular weight is 257 g/mol. The summed E-state index contributed by atoms with van der Waals surface area (Å²) in [5.74, 6) is -0.297. The van der Waals surface area contributed by atoms with E-state index in [1.54, 1.807) is 38.4 Å². The molecule has 96 valence electrons. The maximum Gasteiger partial charge on any atom is 0.348 e. The number of carbonyl (C=O) groups is 1. The summed E-state index contributed by atoms with van der Waals surface area (Å²) in [7, 11) is 3.25. The third-order valence-electron chi connectivity index (χ3n) is 2.85. The topological polar surface area (TPSA) is 83.4 Å². The normalized spacial score (nSPS) is 11.1. The lowest BCUT2D eigenvalue weighted by atomic mass is 10.2. The zero-order chi connectivity index (χ0) is 13.6. The zero-order valence-electron chi connectivity index (χ0n) is 10.4. The minimum atomic E-state index is -0.388. The number of amides is 1. The number of carbonyl (C=O) groups excluding carboxylic acids is 1. The van der Waals surface area contributed by atoms with Crippen molar-refractivity contribution < 1.29 is 4.79 Å². The van der Waals surface area contributed by atoms with Gasteiger partial charge in [0.15, 0.2) is 11.3 Å². The van der Waals surface area contributed by atoms with Crippen LogP contribution in [0.3, 0.4) is 0 Å². The Balaban J connectivity index is 2.51. The minimum absolute atomic E-state index is 0.155. The molecular formula is C12H11N5O2. The van der Waals surface area contributed by atoms with Crippen LogP contribution >= 0.6 is 0 Å². The monoisotopic (exact) mass is 257 g/mol. The molecule has 0 radical (unpaired) electrons. The Bertz CT molecular complexity index is 846. The number of fused-ring (bicyclic) bond motifs is 3. The summed E-state index contributed by atoms with van der Waals surface area (Å²) >= 11 is 0. The van der Waals surface area contributed by atoms with Gasteiger partial charge in [0, 0.05) is 14.1 Å². The Morgan fingerprint density at radius 2 is 2.05 bits per heavy atom. The molecule has 7 nitrogen and oxygen atoms in total. The molecule has 0 spiro atoms. The molecule has 1 aromatic carbocycles. The molecular weight excluding hydrogens is 246 g/mol. The van der Waals surface area contributed by atoms with E-state index in [0.29, 0.717) is 11.0 Å². The number of nitrogens with zero attached hydrogens (tertiary/aromatic N) is 4. The first-order valence-corrected chi connectivity index (χ1v) is 5.67. The van der Waals surface area contributed by atoms with Crippen LogP contribution in [0.1, 0.15) is 10.5 Å². The van der Waals surface area contributed by atoms with Gasteiger partial charge in [-0.15, -0.1) is 0 Å². The summed E-state index contributed by atoms with van der Waals surface area (Å²) in [4.78, 5) is 29.6. The number of H-pyrrole nitrogens is 1. The van der Waals surface area contributed by atoms with Gasteiger partial charge in [-0.2, -0.15) is 5.10 Å². The van der Waals surface area contributed by atoms with Crippen LogP contribution < -0.4 is 5.69 Å². The van der Waals surface area contributed by atoms with Gasteiger partial charge in [-0.25, -0.2) is 19.3 Å². The molecule has 0 saturated carbocycles. The Labute approximate surface area is 107 Å². The fourth-order valence-corrected chi connectivity index (χ4v) is 1.95. The number of aromatic nitrogens is 4. The maximum atomic E-state index is 12.1.